The predicted molar refractivity (Wildman–Crippen MR) is 83.5 cm³/mol. The third kappa shape index (κ3) is 3.32. The molecule has 0 spiro atoms. The number of hydrogen-bond donors (Lipinski definition) is 1. The summed E-state index contributed by atoms with van der Waals surface area (Å²) >= 11 is 3.36. The molecule has 21 heavy (non-hydrogen) atoms. The molecular weight excluding hydrogens is 332 g/mol. The van der Waals surface area contributed by atoms with Crippen molar-refractivity contribution in [2.75, 3.05) is 6.54 Å². The van der Waals surface area contributed by atoms with E-state index in [0.29, 0.717) is 18.3 Å². The van der Waals surface area contributed by atoms with Gasteiger partial charge in [-0.05, 0) is 52.9 Å². The monoisotopic (exact) mass is 350 g/mol. The van der Waals surface area contributed by atoms with E-state index in [2.05, 4.69) is 31.1 Å². The van der Waals surface area contributed by atoms with Crippen molar-refractivity contribution < 1.29 is 4.52 Å². The van der Waals surface area contributed by atoms with Crippen molar-refractivity contribution in [2.24, 2.45) is 11.1 Å². The van der Waals surface area contributed by atoms with Crippen LogP contribution in [0.15, 0.2) is 27.3 Å². The van der Waals surface area contributed by atoms with Crippen molar-refractivity contribution in [3.8, 4) is 11.5 Å². The smallest absolute Gasteiger partial charge is 0.227 e. The molecule has 1 aliphatic carbocycles. The Morgan fingerprint density at radius 3 is 2.71 bits per heavy atom. The number of pyridine rings is 1. The van der Waals surface area contributed by atoms with Crippen molar-refractivity contribution in [1.29, 1.82) is 0 Å². The Morgan fingerprint density at radius 2 is 2.05 bits per heavy atom. The Labute approximate surface area is 132 Å². The van der Waals surface area contributed by atoms with Gasteiger partial charge in [0, 0.05) is 17.1 Å². The van der Waals surface area contributed by atoms with Gasteiger partial charge >= 0.3 is 0 Å². The fraction of sp³-hybridized carbons (Fsp3) is 0.533. The molecule has 112 valence electrons. The molecule has 1 fully saturated rings. The molecule has 0 saturated heterocycles. The molecule has 0 amide bonds. The Morgan fingerprint density at radius 1 is 1.24 bits per heavy atom. The van der Waals surface area contributed by atoms with Gasteiger partial charge in [0.05, 0.1) is 0 Å². The van der Waals surface area contributed by atoms with Gasteiger partial charge in [-0.2, -0.15) is 4.98 Å². The first-order valence-corrected chi connectivity index (χ1v) is 8.15. The van der Waals surface area contributed by atoms with Gasteiger partial charge in [0.1, 0.15) is 5.69 Å². The highest BCUT2D eigenvalue weighted by Gasteiger charge is 2.33. The Balaban J connectivity index is 1.76. The Bertz CT molecular complexity index is 590. The summed E-state index contributed by atoms with van der Waals surface area (Å²) in [6.07, 6.45) is 8.59. The average molecular weight is 351 g/mol. The Kier molecular flexibility index (Phi) is 4.35. The molecule has 0 bridgehead atoms. The molecule has 6 heteroatoms. The minimum absolute atomic E-state index is 0.134. The second-order valence-corrected chi connectivity index (χ2v) is 6.73. The number of nitrogens with two attached hydrogens (primary N) is 1. The van der Waals surface area contributed by atoms with E-state index in [1.807, 2.05) is 12.1 Å². The van der Waals surface area contributed by atoms with E-state index in [9.17, 15) is 0 Å². The van der Waals surface area contributed by atoms with Crippen molar-refractivity contribution in [2.45, 2.75) is 38.5 Å². The largest absolute Gasteiger partial charge is 0.339 e. The SMILES string of the molecule is NCC1(Cc2nc(-c3ccc(Br)cn3)no2)CCCCC1. The van der Waals surface area contributed by atoms with Crippen molar-refractivity contribution in [3.63, 3.8) is 0 Å². The zero-order chi connectivity index (χ0) is 14.7. The maximum atomic E-state index is 6.01. The van der Waals surface area contributed by atoms with Gasteiger partial charge in [-0.15, -0.1) is 0 Å². The highest BCUT2D eigenvalue weighted by molar-refractivity contribution is 9.10. The fourth-order valence-corrected chi connectivity index (χ4v) is 3.25. The first kappa shape index (κ1) is 14.7. The van der Waals surface area contributed by atoms with Crippen LogP contribution < -0.4 is 5.73 Å². The van der Waals surface area contributed by atoms with Crippen LogP contribution >= 0.6 is 15.9 Å². The second kappa shape index (κ2) is 6.23. The van der Waals surface area contributed by atoms with E-state index in [-0.39, 0.29) is 5.41 Å². The number of aromatic nitrogens is 3. The lowest BCUT2D eigenvalue weighted by atomic mass is 9.72. The zero-order valence-electron chi connectivity index (χ0n) is 11.9. The molecular formula is C15H19BrN4O. The summed E-state index contributed by atoms with van der Waals surface area (Å²) in [4.78, 5) is 8.78. The molecule has 0 aromatic carbocycles. The summed E-state index contributed by atoms with van der Waals surface area (Å²) in [6.45, 7) is 0.682. The first-order valence-electron chi connectivity index (χ1n) is 7.35. The lowest BCUT2D eigenvalue weighted by Gasteiger charge is -2.34. The van der Waals surface area contributed by atoms with Gasteiger partial charge in [-0.25, -0.2) is 0 Å². The third-order valence-electron chi connectivity index (χ3n) is 4.30. The first-order chi connectivity index (χ1) is 10.2. The lowest BCUT2D eigenvalue weighted by molar-refractivity contribution is 0.177. The van der Waals surface area contributed by atoms with Gasteiger partial charge in [0.15, 0.2) is 0 Å². The molecule has 2 heterocycles. The van der Waals surface area contributed by atoms with E-state index < -0.39 is 0 Å². The van der Waals surface area contributed by atoms with E-state index >= 15 is 0 Å². The number of nitrogens with zero attached hydrogens (tertiary/aromatic N) is 3. The topological polar surface area (TPSA) is 77.8 Å². The summed E-state index contributed by atoms with van der Waals surface area (Å²) in [6, 6.07) is 3.79. The van der Waals surface area contributed by atoms with Crippen LogP contribution in [0.1, 0.15) is 38.0 Å². The quantitative estimate of drug-likeness (QED) is 0.914. The highest BCUT2D eigenvalue weighted by Crippen LogP contribution is 2.38. The van der Waals surface area contributed by atoms with Crippen LogP contribution in [-0.2, 0) is 6.42 Å². The predicted octanol–water partition coefficient (Wildman–Crippen LogP) is 3.35. The number of halogens is 1. The number of rotatable bonds is 4. The molecule has 0 unspecified atom stereocenters. The molecule has 0 atom stereocenters. The molecule has 1 aliphatic rings. The van der Waals surface area contributed by atoms with Crippen molar-refractivity contribution in [3.05, 3.63) is 28.7 Å². The third-order valence-corrected chi connectivity index (χ3v) is 4.77. The van der Waals surface area contributed by atoms with Crippen LogP contribution in [0.4, 0.5) is 0 Å². The zero-order valence-corrected chi connectivity index (χ0v) is 13.5. The fourth-order valence-electron chi connectivity index (χ4n) is 3.01. The summed E-state index contributed by atoms with van der Waals surface area (Å²) < 4.78 is 6.34. The lowest BCUT2D eigenvalue weighted by Crippen LogP contribution is -2.35. The van der Waals surface area contributed by atoms with E-state index in [4.69, 9.17) is 10.3 Å². The van der Waals surface area contributed by atoms with Crippen molar-refractivity contribution >= 4 is 15.9 Å². The summed E-state index contributed by atoms with van der Waals surface area (Å²) in [5.41, 5.74) is 6.87. The van der Waals surface area contributed by atoms with Crippen LogP contribution in [0.3, 0.4) is 0 Å². The number of hydrogen-bond acceptors (Lipinski definition) is 5. The van der Waals surface area contributed by atoms with Gasteiger partial charge in [-0.3, -0.25) is 4.98 Å². The maximum absolute atomic E-state index is 6.01. The van der Waals surface area contributed by atoms with Gasteiger partial charge < -0.3 is 10.3 Å². The minimum Gasteiger partial charge on any atom is -0.339 e. The maximum Gasteiger partial charge on any atom is 0.227 e. The highest BCUT2D eigenvalue weighted by atomic mass is 79.9. The Hall–Kier alpha value is -1.27. The van der Waals surface area contributed by atoms with Crippen LogP contribution in [0.25, 0.3) is 11.5 Å². The normalized spacial score (nSPS) is 17.8. The molecule has 2 N–H and O–H groups in total. The van der Waals surface area contributed by atoms with Crippen molar-refractivity contribution in [1.82, 2.24) is 15.1 Å². The average Bonchev–Trinajstić information content (AvgIpc) is 2.97. The molecule has 2 aromatic rings. The van der Waals surface area contributed by atoms with Crippen LogP contribution in [0, 0.1) is 5.41 Å². The second-order valence-electron chi connectivity index (χ2n) is 5.81. The standard InChI is InChI=1S/C15H19BrN4O/c16-11-4-5-12(18-9-11)14-19-13(21-20-14)8-15(10-17)6-2-1-3-7-15/h4-5,9H,1-3,6-8,10,17H2. The molecule has 0 radical (unpaired) electrons. The van der Waals surface area contributed by atoms with E-state index in [1.54, 1.807) is 6.20 Å². The summed E-state index contributed by atoms with van der Waals surface area (Å²) in [7, 11) is 0. The molecule has 3 rings (SSSR count). The molecule has 2 aromatic heterocycles. The van der Waals surface area contributed by atoms with Gasteiger partial charge in [0.2, 0.25) is 11.7 Å². The van der Waals surface area contributed by atoms with Gasteiger partial charge in [-0.1, -0.05) is 24.4 Å². The van der Waals surface area contributed by atoms with Crippen LogP contribution in [0.5, 0.6) is 0 Å². The molecule has 5 nitrogen and oxygen atoms in total. The van der Waals surface area contributed by atoms with E-state index in [1.165, 1.54) is 19.3 Å². The van der Waals surface area contributed by atoms with Crippen LogP contribution in [0.2, 0.25) is 0 Å². The summed E-state index contributed by atoms with van der Waals surface area (Å²) in [5.74, 6) is 1.21. The van der Waals surface area contributed by atoms with Crippen LogP contribution in [-0.4, -0.2) is 21.7 Å². The van der Waals surface area contributed by atoms with E-state index in [0.717, 1.165) is 29.4 Å². The van der Waals surface area contributed by atoms with Gasteiger partial charge in [0.25, 0.3) is 0 Å². The summed E-state index contributed by atoms with van der Waals surface area (Å²) in [5, 5.41) is 4.04. The minimum atomic E-state index is 0.134. The molecule has 1 saturated carbocycles. The molecule has 0 aliphatic heterocycles.